The van der Waals surface area contributed by atoms with Crippen LogP contribution in [0.4, 0.5) is 13.2 Å². The van der Waals surface area contributed by atoms with Crippen LogP contribution in [0.1, 0.15) is 24.0 Å². The first kappa shape index (κ1) is 21.1. The van der Waals surface area contributed by atoms with Gasteiger partial charge in [0.05, 0.1) is 5.92 Å². The zero-order valence-corrected chi connectivity index (χ0v) is 16.0. The summed E-state index contributed by atoms with van der Waals surface area (Å²) in [6.07, 6.45) is -1.36. The van der Waals surface area contributed by atoms with Crippen LogP contribution in [0.15, 0.2) is 48.7 Å². The maximum atomic E-state index is 12.6. The SMILES string of the molecule is O=C(NCc1cccnc1OCC(F)(F)F)C1CCCN(Cc2ccccc2)C1. The van der Waals surface area contributed by atoms with Gasteiger partial charge in [0, 0.05) is 31.4 Å². The van der Waals surface area contributed by atoms with Gasteiger partial charge >= 0.3 is 6.18 Å². The van der Waals surface area contributed by atoms with Gasteiger partial charge in [0.1, 0.15) is 0 Å². The molecule has 5 nitrogen and oxygen atoms in total. The first-order valence-corrected chi connectivity index (χ1v) is 9.58. The largest absolute Gasteiger partial charge is 0.468 e. The number of alkyl halides is 3. The maximum absolute atomic E-state index is 12.6. The Morgan fingerprint density at radius 3 is 2.76 bits per heavy atom. The number of likely N-dealkylation sites (tertiary alicyclic amines) is 1. The van der Waals surface area contributed by atoms with Crippen molar-refractivity contribution in [2.24, 2.45) is 5.92 Å². The average Bonchev–Trinajstić information content (AvgIpc) is 2.71. The summed E-state index contributed by atoms with van der Waals surface area (Å²) in [5.74, 6) is -0.364. The Labute approximate surface area is 167 Å². The number of ether oxygens (including phenoxy) is 1. The molecule has 1 aromatic carbocycles. The van der Waals surface area contributed by atoms with E-state index in [0.717, 1.165) is 25.9 Å². The first-order valence-electron chi connectivity index (χ1n) is 9.58. The number of carbonyl (C=O) groups excluding carboxylic acids is 1. The molecule has 1 aliphatic heterocycles. The van der Waals surface area contributed by atoms with E-state index in [0.29, 0.717) is 12.1 Å². The molecule has 156 valence electrons. The number of benzene rings is 1. The lowest BCUT2D eigenvalue weighted by Gasteiger charge is -2.32. The van der Waals surface area contributed by atoms with E-state index in [2.05, 4.69) is 27.3 Å². The number of hydrogen-bond donors (Lipinski definition) is 1. The zero-order valence-electron chi connectivity index (χ0n) is 16.0. The lowest BCUT2D eigenvalue weighted by atomic mass is 9.96. The smallest absolute Gasteiger partial charge is 0.422 e. The second-order valence-electron chi connectivity index (χ2n) is 7.15. The average molecular weight is 407 g/mol. The molecule has 2 heterocycles. The second-order valence-corrected chi connectivity index (χ2v) is 7.15. The van der Waals surface area contributed by atoms with Crippen molar-refractivity contribution in [2.75, 3.05) is 19.7 Å². The van der Waals surface area contributed by atoms with E-state index in [4.69, 9.17) is 4.74 Å². The molecular formula is C21H24F3N3O2. The Morgan fingerprint density at radius 2 is 2.00 bits per heavy atom. The molecule has 8 heteroatoms. The Kier molecular flexibility index (Phi) is 7.09. The number of nitrogens with one attached hydrogen (secondary N) is 1. The Bertz CT molecular complexity index is 799. The van der Waals surface area contributed by atoms with Crippen LogP contribution in [-0.2, 0) is 17.9 Å². The summed E-state index contributed by atoms with van der Waals surface area (Å²) in [6.45, 7) is 1.06. The fraction of sp³-hybridized carbons (Fsp3) is 0.429. The number of halogens is 3. The molecule has 0 saturated carbocycles. The van der Waals surface area contributed by atoms with Gasteiger partial charge in [0.15, 0.2) is 6.61 Å². The van der Waals surface area contributed by atoms with Crippen molar-refractivity contribution < 1.29 is 22.7 Å². The summed E-state index contributed by atoms with van der Waals surface area (Å²) in [5, 5.41) is 2.82. The number of pyridine rings is 1. The van der Waals surface area contributed by atoms with Gasteiger partial charge in [-0.05, 0) is 31.0 Å². The molecule has 2 aromatic rings. The van der Waals surface area contributed by atoms with Crippen LogP contribution in [0.5, 0.6) is 5.88 Å². The lowest BCUT2D eigenvalue weighted by Crippen LogP contribution is -2.42. The molecule has 1 N–H and O–H groups in total. The normalized spacial score (nSPS) is 17.7. The number of piperidine rings is 1. The zero-order chi connectivity index (χ0) is 20.7. The fourth-order valence-corrected chi connectivity index (χ4v) is 3.42. The van der Waals surface area contributed by atoms with Crippen molar-refractivity contribution in [1.82, 2.24) is 15.2 Å². The molecule has 0 aliphatic carbocycles. The molecule has 0 bridgehead atoms. The Morgan fingerprint density at radius 1 is 1.21 bits per heavy atom. The van der Waals surface area contributed by atoms with Gasteiger partial charge in [0.25, 0.3) is 0 Å². The van der Waals surface area contributed by atoms with Gasteiger partial charge in [-0.2, -0.15) is 13.2 Å². The summed E-state index contributed by atoms with van der Waals surface area (Å²) in [6, 6.07) is 13.3. The predicted octanol–water partition coefficient (Wildman–Crippen LogP) is 3.55. The van der Waals surface area contributed by atoms with Crippen LogP contribution in [0.2, 0.25) is 0 Å². The molecule has 1 saturated heterocycles. The van der Waals surface area contributed by atoms with Crippen LogP contribution < -0.4 is 10.1 Å². The minimum atomic E-state index is -4.44. The number of aromatic nitrogens is 1. The van der Waals surface area contributed by atoms with Crippen molar-refractivity contribution in [1.29, 1.82) is 0 Å². The monoisotopic (exact) mass is 407 g/mol. The van der Waals surface area contributed by atoms with E-state index in [1.54, 1.807) is 12.1 Å². The molecule has 1 aliphatic rings. The van der Waals surface area contributed by atoms with E-state index >= 15 is 0 Å². The fourth-order valence-electron chi connectivity index (χ4n) is 3.42. The first-order chi connectivity index (χ1) is 13.9. The number of hydrogen-bond acceptors (Lipinski definition) is 4. The second kappa shape index (κ2) is 9.73. The molecule has 1 unspecified atom stereocenters. The third-order valence-corrected chi connectivity index (χ3v) is 4.80. The van der Waals surface area contributed by atoms with E-state index < -0.39 is 12.8 Å². The minimum Gasteiger partial charge on any atom is -0.468 e. The van der Waals surface area contributed by atoms with Crippen LogP contribution in [0.25, 0.3) is 0 Å². The van der Waals surface area contributed by atoms with Gasteiger partial charge in [-0.1, -0.05) is 36.4 Å². The van der Waals surface area contributed by atoms with Crippen molar-refractivity contribution in [3.05, 3.63) is 59.8 Å². The summed E-state index contributed by atoms with van der Waals surface area (Å²) >= 11 is 0. The summed E-state index contributed by atoms with van der Waals surface area (Å²) in [4.78, 5) is 18.7. The molecule has 29 heavy (non-hydrogen) atoms. The van der Waals surface area contributed by atoms with Gasteiger partial charge in [-0.3, -0.25) is 9.69 Å². The van der Waals surface area contributed by atoms with E-state index in [1.165, 1.54) is 11.8 Å². The highest BCUT2D eigenvalue weighted by molar-refractivity contribution is 5.79. The predicted molar refractivity (Wildman–Crippen MR) is 102 cm³/mol. The van der Waals surface area contributed by atoms with Gasteiger partial charge in [0.2, 0.25) is 11.8 Å². The van der Waals surface area contributed by atoms with Crippen LogP contribution in [-0.4, -0.2) is 41.7 Å². The molecular weight excluding hydrogens is 383 g/mol. The van der Waals surface area contributed by atoms with Crippen molar-refractivity contribution in [3.8, 4) is 5.88 Å². The van der Waals surface area contributed by atoms with Crippen molar-refractivity contribution in [2.45, 2.75) is 32.1 Å². The molecule has 3 rings (SSSR count). The Hall–Kier alpha value is -2.61. The van der Waals surface area contributed by atoms with Gasteiger partial charge in [-0.15, -0.1) is 0 Å². The van der Waals surface area contributed by atoms with Gasteiger partial charge < -0.3 is 10.1 Å². The number of amides is 1. The molecule has 0 spiro atoms. The van der Waals surface area contributed by atoms with E-state index in [1.807, 2.05) is 18.2 Å². The number of nitrogens with zero attached hydrogens (tertiary/aromatic N) is 2. The highest BCUT2D eigenvalue weighted by Crippen LogP contribution is 2.21. The van der Waals surface area contributed by atoms with Crippen molar-refractivity contribution >= 4 is 5.91 Å². The third-order valence-electron chi connectivity index (χ3n) is 4.80. The van der Waals surface area contributed by atoms with Crippen LogP contribution in [0.3, 0.4) is 0 Å². The Balaban J connectivity index is 1.53. The molecule has 1 amide bonds. The lowest BCUT2D eigenvalue weighted by molar-refractivity contribution is -0.154. The van der Waals surface area contributed by atoms with Crippen molar-refractivity contribution in [3.63, 3.8) is 0 Å². The molecule has 1 atom stereocenters. The maximum Gasteiger partial charge on any atom is 0.422 e. The summed E-state index contributed by atoms with van der Waals surface area (Å²) < 4.78 is 42.0. The highest BCUT2D eigenvalue weighted by Gasteiger charge is 2.29. The molecule has 0 radical (unpaired) electrons. The topological polar surface area (TPSA) is 54.5 Å². The third kappa shape index (κ3) is 6.74. The summed E-state index contributed by atoms with van der Waals surface area (Å²) in [5.41, 5.74) is 1.62. The van der Waals surface area contributed by atoms with E-state index in [-0.39, 0.29) is 24.2 Å². The van der Waals surface area contributed by atoms with Crippen LogP contribution in [0, 0.1) is 5.92 Å². The number of rotatable bonds is 7. The van der Waals surface area contributed by atoms with E-state index in [9.17, 15) is 18.0 Å². The molecule has 1 aromatic heterocycles. The summed E-state index contributed by atoms with van der Waals surface area (Å²) in [7, 11) is 0. The standard InChI is InChI=1S/C21H24F3N3O2/c22-21(23,24)15-29-20-17(8-4-10-25-20)12-26-19(28)18-9-5-11-27(14-18)13-16-6-2-1-3-7-16/h1-4,6-8,10,18H,5,9,11-15H2,(H,26,28). The molecule has 1 fully saturated rings. The minimum absolute atomic E-state index is 0.0784. The quantitative estimate of drug-likeness (QED) is 0.763. The number of carbonyl (C=O) groups is 1. The van der Waals surface area contributed by atoms with Gasteiger partial charge in [-0.25, -0.2) is 4.98 Å². The highest BCUT2D eigenvalue weighted by atomic mass is 19.4. The van der Waals surface area contributed by atoms with Crippen LogP contribution >= 0.6 is 0 Å².